The lowest BCUT2D eigenvalue weighted by Crippen LogP contribution is -2.46. The first-order valence-corrected chi connectivity index (χ1v) is 8.41. The van der Waals surface area contributed by atoms with Crippen LogP contribution < -0.4 is 5.32 Å². The second-order valence-electron chi connectivity index (χ2n) is 6.77. The van der Waals surface area contributed by atoms with E-state index >= 15 is 0 Å². The molecule has 1 aliphatic rings. The summed E-state index contributed by atoms with van der Waals surface area (Å²) in [6.07, 6.45) is 4.51. The zero-order chi connectivity index (χ0) is 15.0. The zero-order valence-corrected chi connectivity index (χ0v) is 14.5. The molecule has 1 saturated carbocycles. The van der Waals surface area contributed by atoms with E-state index in [1.54, 1.807) is 7.11 Å². The number of aromatic nitrogens is 1. The summed E-state index contributed by atoms with van der Waals surface area (Å²) in [5.74, 6) is 0. The monoisotopic (exact) mass is 296 g/mol. The lowest BCUT2D eigenvalue weighted by Gasteiger charge is -2.36. The van der Waals surface area contributed by atoms with Crippen molar-refractivity contribution in [1.29, 1.82) is 0 Å². The fourth-order valence-corrected chi connectivity index (χ4v) is 3.89. The van der Waals surface area contributed by atoms with Gasteiger partial charge < -0.3 is 10.1 Å². The van der Waals surface area contributed by atoms with Crippen LogP contribution in [0.3, 0.4) is 0 Å². The molecule has 1 aromatic heterocycles. The van der Waals surface area contributed by atoms with Crippen molar-refractivity contribution in [3.63, 3.8) is 0 Å². The maximum absolute atomic E-state index is 5.66. The number of aryl methyl sites for hydroxylation is 2. The van der Waals surface area contributed by atoms with E-state index in [1.807, 2.05) is 11.3 Å². The minimum absolute atomic E-state index is 0.0937. The molecule has 3 nitrogen and oxygen atoms in total. The van der Waals surface area contributed by atoms with Gasteiger partial charge in [-0.1, -0.05) is 6.92 Å². The third kappa shape index (κ3) is 3.60. The number of ether oxygens (including phenoxy) is 1. The first-order valence-electron chi connectivity index (χ1n) is 7.59. The Morgan fingerprint density at radius 3 is 2.45 bits per heavy atom. The van der Waals surface area contributed by atoms with E-state index in [0.29, 0.717) is 6.04 Å². The zero-order valence-electron chi connectivity index (χ0n) is 13.7. The van der Waals surface area contributed by atoms with Crippen LogP contribution >= 0.6 is 11.3 Å². The molecule has 1 atom stereocenters. The Labute approximate surface area is 127 Å². The summed E-state index contributed by atoms with van der Waals surface area (Å²) in [6.45, 7) is 10.9. The van der Waals surface area contributed by atoms with Gasteiger partial charge in [-0.3, -0.25) is 0 Å². The molecule has 0 radical (unpaired) electrons. The second-order valence-corrected chi connectivity index (χ2v) is 7.97. The number of thiazole rings is 1. The Morgan fingerprint density at radius 2 is 2.00 bits per heavy atom. The second kappa shape index (κ2) is 5.74. The first kappa shape index (κ1) is 15.9. The summed E-state index contributed by atoms with van der Waals surface area (Å²) in [6, 6.07) is 0.655. The van der Waals surface area contributed by atoms with Crippen molar-refractivity contribution in [1.82, 2.24) is 10.3 Å². The van der Waals surface area contributed by atoms with Gasteiger partial charge in [0.05, 0.1) is 16.8 Å². The van der Waals surface area contributed by atoms with Crippen LogP contribution in [0, 0.1) is 6.92 Å². The standard InChI is InChI=1S/C16H28N2OS/c1-7-13-11(2)20-14(17-13)16(5,18-12-8-9-12)10-15(3,4)19-6/h12,18H,7-10H2,1-6H3. The molecular weight excluding hydrogens is 268 g/mol. The Kier molecular flexibility index (Phi) is 4.57. The molecule has 0 aliphatic heterocycles. The summed E-state index contributed by atoms with van der Waals surface area (Å²) in [5, 5.41) is 5.02. The highest BCUT2D eigenvalue weighted by atomic mass is 32.1. The Hall–Kier alpha value is -0.450. The highest BCUT2D eigenvalue weighted by Gasteiger charge is 2.40. The third-order valence-electron chi connectivity index (χ3n) is 4.13. The molecule has 0 saturated heterocycles. The SMILES string of the molecule is CCc1nc(C(C)(CC(C)(C)OC)NC2CC2)sc1C. The number of hydrogen-bond donors (Lipinski definition) is 1. The molecule has 1 heterocycles. The molecule has 114 valence electrons. The number of rotatable bonds is 7. The predicted octanol–water partition coefficient (Wildman–Crippen LogP) is 3.80. The van der Waals surface area contributed by atoms with Crippen LogP contribution in [0.25, 0.3) is 0 Å². The molecule has 0 aromatic carbocycles. The van der Waals surface area contributed by atoms with Crippen molar-refractivity contribution >= 4 is 11.3 Å². The Morgan fingerprint density at radius 1 is 1.35 bits per heavy atom. The van der Waals surface area contributed by atoms with Gasteiger partial charge in [0.25, 0.3) is 0 Å². The van der Waals surface area contributed by atoms with Gasteiger partial charge in [-0.15, -0.1) is 11.3 Å². The maximum atomic E-state index is 5.66. The van der Waals surface area contributed by atoms with Gasteiger partial charge in [0.1, 0.15) is 5.01 Å². The van der Waals surface area contributed by atoms with Crippen LogP contribution in [0.15, 0.2) is 0 Å². The molecule has 2 rings (SSSR count). The van der Waals surface area contributed by atoms with Crippen LogP contribution in [-0.4, -0.2) is 23.7 Å². The molecule has 1 fully saturated rings. The van der Waals surface area contributed by atoms with Crippen molar-refractivity contribution in [3.05, 3.63) is 15.6 Å². The van der Waals surface area contributed by atoms with Crippen molar-refractivity contribution in [2.75, 3.05) is 7.11 Å². The lowest BCUT2D eigenvalue weighted by atomic mass is 9.88. The van der Waals surface area contributed by atoms with Crippen molar-refractivity contribution in [3.8, 4) is 0 Å². The van der Waals surface area contributed by atoms with Crippen molar-refractivity contribution < 1.29 is 4.74 Å². The van der Waals surface area contributed by atoms with Gasteiger partial charge in [0.15, 0.2) is 0 Å². The topological polar surface area (TPSA) is 34.1 Å². The first-order chi connectivity index (χ1) is 9.29. The van der Waals surface area contributed by atoms with E-state index in [9.17, 15) is 0 Å². The highest BCUT2D eigenvalue weighted by molar-refractivity contribution is 7.11. The fraction of sp³-hybridized carbons (Fsp3) is 0.812. The quantitative estimate of drug-likeness (QED) is 0.831. The van der Waals surface area contributed by atoms with Gasteiger partial charge in [-0.2, -0.15) is 0 Å². The minimum atomic E-state index is -0.150. The lowest BCUT2D eigenvalue weighted by molar-refractivity contribution is -0.00763. The van der Waals surface area contributed by atoms with Crippen LogP contribution in [0.5, 0.6) is 0 Å². The van der Waals surface area contributed by atoms with Crippen LogP contribution in [0.4, 0.5) is 0 Å². The highest BCUT2D eigenvalue weighted by Crippen LogP contribution is 2.38. The van der Waals surface area contributed by atoms with Gasteiger partial charge in [0, 0.05) is 24.4 Å². The average molecular weight is 296 g/mol. The average Bonchev–Trinajstić information content (AvgIpc) is 3.08. The molecule has 1 unspecified atom stereocenters. The molecular formula is C16H28N2OS. The number of nitrogens with one attached hydrogen (secondary N) is 1. The Balaban J connectivity index is 2.29. The maximum Gasteiger partial charge on any atom is 0.113 e. The number of hydrogen-bond acceptors (Lipinski definition) is 4. The fourth-order valence-electron chi connectivity index (χ4n) is 2.78. The summed E-state index contributed by atoms with van der Waals surface area (Å²) in [7, 11) is 1.79. The number of nitrogens with zero attached hydrogens (tertiary/aromatic N) is 1. The van der Waals surface area contributed by atoms with Crippen LogP contribution in [-0.2, 0) is 16.7 Å². The summed E-state index contributed by atoms with van der Waals surface area (Å²) < 4.78 is 5.66. The van der Waals surface area contributed by atoms with Gasteiger partial charge >= 0.3 is 0 Å². The number of methoxy groups -OCH3 is 1. The van der Waals surface area contributed by atoms with Crippen molar-refractivity contribution in [2.45, 2.75) is 77.5 Å². The summed E-state index contributed by atoms with van der Waals surface area (Å²) in [5.41, 5.74) is 0.996. The molecule has 1 N–H and O–H groups in total. The smallest absolute Gasteiger partial charge is 0.113 e. The molecule has 4 heteroatoms. The molecule has 1 aromatic rings. The minimum Gasteiger partial charge on any atom is -0.379 e. The molecule has 0 bridgehead atoms. The molecule has 20 heavy (non-hydrogen) atoms. The van der Waals surface area contributed by atoms with E-state index in [4.69, 9.17) is 9.72 Å². The van der Waals surface area contributed by atoms with Gasteiger partial charge in [0.2, 0.25) is 0 Å². The largest absolute Gasteiger partial charge is 0.379 e. The van der Waals surface area contributed by atoms with Crippen molar-refractivity contribution in [2.24, 2.45) is 0 Å². The molecule has 0 spiro atoms. The van der Waals surface area contributed by atoms with E-state index in [0.717, 1.165) is 12.8 Å². The normalized spacial score (nSPS) is 19.1. The predicted molar refractivity (Wildman–Crippen MR) is 85.4 cm³/mol. The van der Waals surface area contributed by atoms with E-state index in [-0.39, 0.29) is 11.1 Å². The van der Waals surface area contributed by atoms with E-state index in [2.05, 4.69) is 39.9 Å². The summed E-state index contributed by atoms with van der Waals surface area (Å²) in [4.78, 5) is 6.25. The van der Waals surface area contributed by atoms with Gasteiger partial charge in [-0.25, -0.2) is 4.98 Å². The van der Waals surface area contributed by atoms with Crippen LogP contribution in [0.2, 0.25) is 0 Å². The third-order valence-corrected chi connectivity index (χ3v) is 5.41. The van der Waals surface area contributed by atoms with E-state index < -0.39 is 0 Å². The molecule has 0 amide bonds. The van der Waals surface area contributed by atoms with E-state index in [1.165, 1.54) is 28.4 Å². The Bertz CT molecular complexity index is 465. The van der Waals surface area contributed by atoms with Crippen LogP contribution in [0.1, 0.15) is 62.5 Å². The molecule has 1 aliphatic carbocycles. The summed E-state index contributed by atoms with van der Waals surface area (Å²) >= 11 is 1.84. The van der Waals surface area contributed by atoms with Gasteiger partial charge in [-0.05, 0) is 47.0 Å².